The van der Waals surface area contributed by atoms with Crippen molar-refractivity contribution in [2.45, 2.75) is 6.54 Å². The van der Waals surface area contributed by atoms with Gasteiger partial charge in [0.1, 0.15) is 6.54 Å². The summed E-state index contributed by atoms with van der Waals surface area (Å²) in [6.45, 7) is 0.498. The van der Waals surface area contributed by atoms with Crippen LogP contribution >= 0.6 is 0 Å². The molecule has 0 aliphatic carbocycles. The minimum atomic E-state index is -0.0866. The molecule has 0 unspecified atom stereocenters. The largest absolute Gasteiger partial charge is 0.344 e. The van der Waals surface area contributed by atoms with E-state index in [1.807, 2.05) is 53.1 Å². The van der Waals surface area contributed by atoms with E-state index in [4.69, 9.17) is 6.42 Å². The van der Waals surface area contributed by atoms with Crippen LogP contribution in [0.15, 0.2) is 60.7 Å². The van der Waals surface area contributed by atoms with Crippen LogP contribution in [0.1, 0.15) is 0 Å². The first kappa shape index (κ1) is 14.0. The molecule has 3 rings (SSSR count). The van der Waals surface area contributed by atoms with Gasteiger partial charge in [-0.15, -0.1) is 6.42 Å². The molecule has 0 atom stereocenters. The van der Waals surface area contributed by atoms with Crippen molar-refractivity contribution < 1.29 is 4.79 Å². The molecule has 0 aliphatic rings. The van der Waals surface area contributed by atoms with Crippen LogP contribution in [0.3, 0.4) is 0 Å². The van der Waals surface area contributed by atoms with Gasteiger partial charge < -0.3 is 9.88 Å². The molecule has 3 heteroatoms. The Labute approximate surface area is 129 Å². The third-order valence-electron chi connectivity index (χ3n) is 3.57. The molecule has 22 heavy (non-hydrogen) atoms. The van der Waals surface area contributed by atoms with Crippen LogP contribution in [0.5, 0.6) is 0 Å². The molecule has 0 saturated heterocycles. The standard InChI is InChI=1S/C19H16N2O/c1-2-12-20-19(22)14-21-17-11-7-6-10-16(17)13-18(21)15-8-4-3-5-9-15/h1,3-11,13H,12,14H2,(H,20,22). The van der Waals surface area contributed by atoms with Gasteiger partial charge in [-0.25, -0.2) is 0 Å². The Morgan fingerprint density at radius 2 is 1.82 bits per heavy atom. The zero-order valence-corrected chi connectivity index (χ0v) is 12.1. The maximum absolute atomic E-state index is 12.1. The Morgan fingerprint density at radius 3 is 2.59 bits per heavy atom. The number of carbonyl (C=O) groups excluding carboxylic acids is 1. The van der Waals surface area contributed by atoms with Crippen LogP contribution in [0.4, 0.5) is 0 Å². The number of carbonyl (C=O) groups is 1. The number of nitrogens with zero attached hydrogens (tertiary/aromatic N) is 1. The predicted molar refractivity (Wildman–Crippen MR) is 89.2 cm³/mol. The molecular formula is C19H16N2O. The first-order chi connectivity index (χ1) is 10.8. The van der Waals surface area contributed by atoms with Gasteiger partial charge in [0.25, 0.3) is 0 Å². The Morgan fingerprint density at radius 1 is 1.09 bits per heavy atom. The minimum Gasteiger partial charge on any atom is -0.344 e. The minimum absolute atomic E-state index is 0.0866. The Balaban J connectivity index is 2.06. The number of para-hydroxylation sites is 1. The average Bonchev–Trinajstić information content (AvgIpc) is 2.92. The van der Waals surface area contributed by atoms with E-state index in [2.05, 4.69) is 23.4 Å². The van der Waals surface area contributed by atoms with E-state index in [9.17, 15) is 4.79 Å². The Kier molecular flexibility index (Phi) is 3.93. The van der Waals surface area contributed by atoms with Crippen LogP contribution in [0, 0.1) is 12.3 Å². The molecule has 1 N–H and O–H groups in total. The molecule has 1 amide bonds. The maximum atomic E-state index is 12.1. The first-order valence-electron chi connectivity index (χ1n) is 7.13. The molecule has 2 aromatic carbocycles. The van der Waals surface area contributed by atoms with Gasteiger partial charge in [0, 0.05) is 16.6 Å². The van der Waals surface area contributed by atoms with E-state index >= 15 is 0 Å². The summed E-state index contributed by atoms with van der Waals surface area (Å²) in [4.78, 5) is 12.1. The van der Waals surface area contributed by atoms with Crippen molar-refractivity contribution >= 4 is 16.8 Å². The molecule has 1 aromatic heterocycles. The van der Waals surface area contributed by atoms with Crippen LogP contribution in [-0.4, -0.2) is 17.0 Å². The smallest absolute Gasteiger partial charge is 0.240 e. The molecule has 0 fully saturated rings. The predicted octanol–water partition coefficient (Wildman–Crippen LogP) is 3.06. The Hall–Kier alpha value is -2.99. The molecule has 108 valence electrons. The molecule has 0 aliphatic heterocycles. The fraction of sp³-hybridized carbons (Fsp3) is 0.105. The number of fused-ring (bicyclic) bond motifs is 1. The van der Waals surface area contributed by atoms with Gasteiger partial charge in [-0.3, -0.25) is 4.79 Å². The second-order valence-corrected chi connectivity index (χ2v) is 5.02. The van der Waals surface area contributed by atoms with Gasteiger partial charge in [0.15, 0.2) is 0 Å². The number of nitrogens with one attached hydrogen (secondary N) is 1. The number of hydrogen-bond acceptors (Lipinski definition) is 1. The summed E-state index contributed by atoms with van der Waals surface area (Å²) in [5.74, 6) is 2.33. The maximum Gasteiger partial charge on any atom is 0.240 e. The van der Waals surface area contributed by atoms with E-state index in [0.717, 1.165) is 22.2 Å². The van der Waals surface area contributed by atoms with E-state index in [1.54, 1.807) is 0 Å². The molecule has 0 bridgehead atoms. The number of rotatable bonds is 4. The van der Waals surface area contributed by atoms with Gasteiger partial charge >= 0.3 is 0 Å². The van der Waals surface area contributed by atoms with Gasteiger partial charge in [0.2, 0.25) is 5.91 Å². The number of benzene rings is 2. The van der Waals surface area contributed by atoms with Gasteiger partial charge in [-0.05, 0) is 17.7 Å². The van der Waals surface area contributed by atoms with Crippen molar-refractivity contribution in [3.05, 3.63) is 60.7 Å². The first-order valence-corrected chi connectivity index (χ1v) is 7.13. The zero-order chi connectivity index (χ0) is 15.4. The molecule has 0 spiro atoms. The zero-order valence-electron chi connectivity index (χ0n) is 12.1. The van der Waals surface area contributed by atoms with Crippen molar-refractivity contribution in [2.75, 3.05) is 6.54 Å². The van der Waals surface area contributed by atoms with Crippen molar-refractivity contribution in [1.29, 1.82) is 0 Å². The van der Waals surface area contributed by atoms with Gasteiger partial charge in [-0.1, -0.05) is 54.5 Å². The fourth-order valence-electron chi connectivity index (χ4n) is 2.58. The molecule has 0 radical (unpaired) electrons. The van der Waals surface area contributed by atoms with E-state index in [1.165, 1.54) is 0 Å². The second kappa shape index (κ2) is 6.19. The fourth-order valence-corrected chi connectivity index (χ4v) is 2.58. The van der Waals surface area contributed by atoms with Crippen molar-refractivity contribution in [3.8, 4) is 23.6 Å². The summed E-state index contributed by atoms with van der Waals surface area (Å²) >= 11 is 0. The molecule has 3 aromatic rings. The molecule has 0 saturated carbocycles. The van der Waals surface area contributed by atoms with Crippen molar-refractivity contribution in [3.63, 3.8) is 0 Å². The van der Waals surface area contributed by atoms with Gasteiger partial charge in [-0.2, -0.15) is 0 Å². The number of hydrogen-bond donors (Lipinski definition) is 1. The van der Waals surface area contributed by atoms with E-state index in [0.29, 0.717) is 0 Å². The summed E-state index contributed by atoms with van der Waals surface area (Å²) in [6.07, 6.45) is 5.19. The second-order valence-electron chi connectivity index (χ2n) is 5.02. The summed E-state index contributed by atoms with van der Waals surface area (Å²) in [5, 5.41) is 3.83. The van der Waals surface area contributed by atoms with Crippen LogP contribution in [0.25, 0.3) is 22.2 Å². The molecular weight excluding hydrogens is 272 g/mol. The summed E-state index contributed by atoms with van der Waals surface area (Å²) < 4.78 is 2.02. The van der Waals surface area contributed by atoms with Crippen molar-refractivity contribution in [2.24, 2.45) is 0 Å². The van der Waals surface area contributed by atoms with Crippen LogP contribution in [-0.2, 0) is 11.3 Å². The number of aromatic nitrogens is 1. The lowest BCUT2D eigenvalue weighted by Gasteiger charge is -2.10. The number of terminal acetylenes is 1. The lowest BCUT2D eigenvalue weighted by molar-refractivity contribution is -0.121. The number of amides is 1. The third-order valence-corrected chi connectivity index (χ3v) is 3.57. The van der Waals surface area contributed by atoms with Gasteiger partial charge in [0.05, 0.1) is 6.54 Å². The van der Waals surface area contributed by atoms with Crippen LogP contribution in [0.2, 0.25) is 0 Å². The van der Waals surface area contributed by atoms with E-state index < -0.39 is 0 Å². The highest BCUT2D eigenvalue weighted by molar-refractivity contribution is 5.89. The lowest BCUT2D eigenvalue weighted by atomic mass is 10.1. The van der Waals surface area contributed by atoms with Crippen molar-refractivity contribution in [1.82, 2.24) is 9.88 Å². The molecule has 1 heterocycles. The highest BCUT2D eigenvalue weighted by atomic mass is 16.1. The lowest BCUT2D eigenvalue weighted by Crippen LogP contribution is -2.27. The monoisotopic (exact) mass is 288 g/mol. The quantitative estimate of drug-likeness (QED) is 0.736. The average molecular weight is 288 g/mol. The highest BCUT2D eigenvalue weighted by Gasteiger charge is 2.12. The Bertz CT molecular complexity index is 841. The molecule has 3 nitrogen and oxygen atoms in total. The summed E-state index contributed by atoms with van der Waals surface area (Å²) in [5.41, 5.74) is 3.15. The summed E-state index contributed by atoms with van der Waals surface area (Å²) in [7, 11) is 0. The topological polar surface area (TPSA) is 34.0 Å². The normalized spacial score (nSPS) is 10.3. The highest BCUT2D eigenvalue weighted by Crippen LogP contribution is 2.28. The van der Waals surface area contributed by atoms with E-state index in [-0.39, 0.29) is 19.0 Å². The third kappa shape index (κ3) is 2.72. The van der Waals surface area contributed by atoms with Crippen LogP contribution < -0.4 is 5.32 Å². The SMILES string of the molecule is C#CCNC(=O)Cn1c(-c2ccccc2)cc2ccccc21. The summed E-state index contributed by atoms with van der Waals surface area (Å²) in [6, 6.07) is 20.2.